The summed E-state index contributed by atoms with van der Waals surface area (Å²) in [6.45, 7) is 4.54. The zero-order valence-electron chi connectivity index (χ0n) is 14.9. The van der Waals surface area contributed by atoms with Crippen LogP contribution in [0.5, 0.6) is 0 Å². The Bertz CT molecular complexity index is 867. The summed E-state index contributed by atoms with van der Waals surface area (Å²) in [5, 5.41) is 0. The third-order valence-electron chi connectivity index (χ3n) is 4.93. The predicted octanol–water partition coefficient (Wildman–Crippen LogP) is 1.30. The van der Waals surface area contributed by atoms with Gasteiger partial charge in [0, 0.05) is 25.2 Å². The molecule has 0 radical (unpaired) electrons. The standard InChI is InChI=1S/C16H25N3O4S2.ClH/c1-16(2)11-19(9-8-15(16)17)25(22,23)14-5-3-4-13(10-14)24(20,21)18-12-6-7-12;/h3-5,10,12,15,18H,6-9,11,17H2,1-2H3;1H. The molecule has 1 aromatic carbocycles. The van der Waals surface area contributed by atoms with Gasteiger partial charge in [0.05, 0.1) is 9.79 Å². The molecule has 1 aliphatic heterocycles. The molecule has 148 valence electrons. The van der Waals surface area contributed by atoms with Crippen molar-refractivity contribution in [1.82, 2.24) is 9.03 Å². The van der Waals surface area contributed by atoms with Gasteiger partial charge >= 0.3 is 0 Å². The van der Waals surface area contributed by atoms with E-state index >= 15 is 0 Å². The highest BCUT2D eigenvalue weighted by Crippen LogP contribution is 2.32. The fourth-order valence-electron chi connectivity index (χ4n) is 2.97. The van der Waals surface area contributed by atoms with Gasteiger partial charge in [0.2, 0.25) is 20.0 Å². The second-order valence-electron chi connectivity index (χ2n) is 7.59. The van der Waals surface area contributed by atoms with Crippen molar-refractivity contribution >= 4 is 32.5 Å². The van der Waals surface area contributed by atoms with Crippen molar-refractivity contribution in [3.8, 4) is 0 Å². The molecule has 2 fully saturated rings. The maximum Gasteiger partial charge on any atom is 0.243 e. The average molecular weight is 424 g/mol. The normalized spacial score (nSPS) is 24.0. The molecule has 1 aliphatic carbocycles. The van der Waals surface area contributed by atoms with Crippen LogP contribution in [0.3, 0.4) is 0 Å². The number of nitrogens with one attached hydrogen (secondary N) is 1. The highest BCUT2D eigenvalue weighted by molar-refractivity contribution is 7.90. The molecule has 0 aromatic heterocycles. The van der Waals surface area contributed by atoms with Crippen LogP contribution in [0.1, 0.15) is 33.1 Å². The van der Waals surface area contributed by atoms with Crippen molar-refractivity contribution in [1.29, 1.82) is 0 Å². The van der Waals surface area contributed by atoms with Gasteiger partial charge in [-0.3, -0.25) is 0 Å². The molecule has 1 unspecified atom stereocenters. The lowest BCUT2D eigenvalue weighted by molar-refractivity contribution is 0.155. The van der Waals surface area contributed by atoms with Gasteiger partial charge in [-0.15, -0.1) is 12.4 Å². The molecule has 1 aromatic rings. The van der Waals surface area contributed by atoms with Crippen LogP contribution in [-0.4, -0.2) is 46.3 Å². The largest absolute Gasteiger partial charge is 0.327 e. The van der Waals surface area contributed by atoms with E-state index in [9.17, 15) is 16.8 Å². The topological polar surface area (TPSA) is 110 Å². The molecule has 7 nitrogen and oxygen atoms in total. The van der Waals surface area contributed by atoms with E-state index in [1.165, 1.54) is 28.6 Å². The van der Waals surface area contributed by atoms with Crippen LogP contribution < -0.4 is 10.5 Å². The van der Waals surface area contributed by atoms with Gasteiger partial charge < -0.3 is 5.73 Å². The lowest BCUT2D eigenvalue weighted by Gasteiger charge is -2.41. The number of rotatable bonds is 5. The lowest BCUT2D eigenvalue weighted by Crippen LogP contribution is -2.53. The number of nitrogens with two attached hydrogens (primary N) is 1. The Balaban J connectivity index is 0.00000243. The summed E-state index contributed by atoms with van der Waals surface area (Å²) in [6, 6.07) is 5.46. The van der Waals surface area contributed by atoms with Crippen LogP contribution in [0.25, 0.3) is 0 Å². The molecule has 1 saturated carbocycles. The van der Waals surface area contributed by atoms with Crippen molar-refractivity contribution in [2.45, 2.75) is 55.0 Å². The first-order valence-corrected chi connectivity index (χ1v) is 11.3. The molecule has 1 saturated heterocycles. The SMILES string of the molecule is CC1(C)CN(S(=O)(=O)c2cccc(S(=O)(=O)NC3CC3)c2)CCC1N.Cl. The molecular formula is C16H26ClN3O4S2. The number of nitrogens with zero attached hydrogens (tertiary/aromatic N) is 1. The molecular weight excluding hydrogens is 398 g/mol. The minimum atomic E-state index is -3.77. The molecule has 0 spiro atoms. The van der Waals surface area contributed by atoms with Gasteiger partial charge in [-0.05, 0) is 42.9 Å². The van der Waals surface area contributed by atoms with E-state index in [0.29, 0.717) is 19.5 Å². The maximum absolute atomic E-state index is 13.0. The zero-order chi connectivity index (χ0) is 18.5. The number of hydrogen-bond donors (Lipinski definition) is 2. The van der Waals surface area contributed by atoms with E-state index < -0.39 is 20.0 Å². The van der Waals surface area contributed by atoms with E-state index in [0.717, 1.165) is 12.8 Å². The van der Waals surface area contributed by atoms with Crippen molar-refractivity contribution in [3.63, 3.8) is 0 Å². The van der Waals surface area contributed by atoms with Crippen LogP contribution in [-0.2, 0) is 20.0 Å². The Labute approximate surface area is 161 Å². The summed E-state index contributed by atoms with van der Waals surface area (Å²) in [5.41, 5.74) is 5.75. The third kappa shape index (κ3) is 4.40. The highest BCUT2D eigenvalue weighted by Gasteiger charge is 2.39. The molecule has 0 amide bonds. The summed E-state index contributed by atoms with van der Waals surface area (Å²) >= 11 is 0. The molecule has 3 rings (SSSR count). The van der Waals surface area contributed by atoms with Crippen LogP contribution >= 0.6 is 12.4 Å². The second-order valence-corrected chi connectivity index (χ2v) is 11.2. The summed E-state index contributed by atoms with van der Waals surface area (Å²) in [5.74, 6) is 0. The number of sulfonamides is 2. The van der Waals surface area contributed by atoms with Gasteiger partial charge in [-0.25, -0.2) is 21.6 Å². The summed E-state index contributed by atoms with van der Waals surface area (Å²) < 4.78 is 54.6. The molecule has 0 bridgehead atoms. The lowest BCUT2D eigenvalue weighted by atomic mass is 9.81. The Hall–Kier alpha value is -0.710. The van der Waals surface area contributed by atoms with E-state index in [1.54, 1.807) is 0 Å². The first kappa shape index (κ1) is 21.6. The minimum Gasteiger partial charge on any atom is -0.327 e. The summed E-state index contributed by atoms with van der Waals surface area (Å²) in [4.78, 5) is -0.0223. The monoisotopic (exact) mass is 423 g/mol. The first-order chi connectivity index (χ1) is 11.5. The summed E-state index contributed by atoms with van der Waals surface area (Å²) in [6.07, 6.45) is 2.22. The van der Waals surface area contributed by atoms with Crippen LogP contribution in [0, 0.1) is 5.41 Å². The van der Waals surface area contributed by atoms with Crippen LogP contribution in [0.4, 0.5) is 0 Å². The quantitative estimate of drug-likeness (QED) is 0.741. The van der Waals surface area contributed by atoms with Crippen molar-refractivity contribution in [3.05, 3.63) is 24.3 Å². The van der Waals surface area contributed by atoms with Crippen LogP contribution in [0.2, 0.25) is 0 Å². The van der Waals surface area contributed by atoms with Gasteiger partial charge in [-0.1, -0.05) is 19.9 Å². The number of benzene rings is 1. The van der Waals surface area contributed by atoms with Crippen molar-refractivity contribution < 1.29 is 16.8 Å². The zero-order valence-corrected chi connectivity index (χ0v) is 17.3. The smallest absolute Gasteiger partial charge is 0.243 e. The van der Waals surface area contributed by atoms with E-state index in [1.807, 2.05) is 13.8 Å². The number of halogens is 1. The van der Waals surface area contributed by atoms with Gasteiger partial charge in [0.15, 0.2) is 0 Å². The Morgan fingerprint density at radius 2 is 1.73 bits per heavy atom. The second kappa shape index (κ2) is 7.37. The molecule has 26 heavy (non-hydrogen) atoms. The number of hydrogen-bond acceptors (Lipinski definition) is 5. The van der Waals surface area contributed by atoms with E-state index in [-0.39, 0.29) is 39.7 Å². The molecule has 2 aliphatic rings. The maximum atomic E-state index is 13.0. The van der Waals surface area contributed by atoms with Crippen molar-refractivity contribution in [2.75, 3.05) is 13.1 Å². The first-order valence-electron chi connectivity index (χ1n) is 8.40. The Morgan fingerprint density at radius 1 is 1.12 bits per heavy atom. The van der Waals surface area contributed by atoms with Gasteiger partial charge in [-0.2, -0.15) is 4.31 Å². The van der Waals surface area contributed by atoms with Crippen LogP contribution in [0.15, 0.2) is 34.1 Å². The predicted molar refractivity (Wildman–Crippen MR) is 102 cm³/mol. The Kier molecular flexibility index (Phi) is 6.12. The Morgan fingerprint density at radius 3 is 2.31 bits per heavy atom. The van der Waals surface area contributed by atoms with E-state index in [4.69, 9.17) is 5.73 Å². The highest BCUT2D eigenvalue weighted by atomic mass is 35.5. The number of piperidine rings is 1. The third-order valence-corrected chi connectivity index (χ3v) is 8.29. The van der Waals surface area contributed by atoms with E-state index in [2.05, 4.69) is 4.72 Å². The summed E-state index contributed by atoms with van der Waals surface area (Å²) in [7, 11) is -7.46. The van der Waals surface area contributed by atoms with Gasteiger partial charge in [0.25, 0.3) is 0 Å². The minimum absolute atomic E-state index is 0. The molecule has 1 heterocycles. The molecule has 1 atom stereocenters. The van der Waals surface area contributed by atoms with Gasteiger partial charge in [0.1, 0.15) is 0 Å². The average Bonchev–Trinajstić information content (AvgIpc) is 3.33. The fraction of sp³-hybridized carbons (Fsp3) is 0.625. The molecule has 3 N–H and O–H groups in total. The molecule has 10 heteroatoms. The fourth-order valence-corrected chi connectivity index (χ4v) is 6.07. The van der Waals surface area contributed by atoms with Crippen molar-refractivity contribution in [2.24, 2.45) is 11.1 Å².